The van der Waals surface area contributed by atoms with Gasteiger partial charge >= 0.3 is 0 Å². The highest BCUT2D eigenvalue weighted by atomic mass is 16.3. The first-order valence-corrected chi connectivity index (χ1v) is 7.88. The van der Waals surface area contributed by atoms with E-state index in [9.17, 15) is 9.90 Å². The summed E-state index contributed by atoms with van der Waals surface area (Å²) in [4.78, 5) is 16.5. The molecule has 0 spiro atoms. The lowest BCUT2D eigenvalue weighted by molar-refractivity contribution is 0.179. The van der Waals surface area contributed by atoms with Crippen LogP contribution in [0.15, 0.2) is 17.2 Å². The Hall–Kier alpha value is -1.36. The smallest absolute Gasteiger partial charge is 0.293 e. The first kappa shape index (κ1) is 17.7. The Morgan fingerprint density at radius 3 is 2.57 bits per heavy atom. The average Bonchev–Trinajstić information content (AvgIpc) is 2.46. The van der Waals surface area contributed by atoms with E-state index in [1.165, 1.54) is 0 Å². The molecule has 1 aromatic rings. The monoisotopic (exact) mass is 295 g/mol. The number of hydrogen-bond acceptors (Lipinski definition) is 4. The Balaban J connectivity index is 2.86. The van der Waals surface area contributed by atoms with Crippen molar-refractivity contribution >= 4 is 5.82 Å². The van der Waals surface area contributed by atoms with Crippen molar-refractivity contribution < 1.29 is 5.11 Å². The molecule has 0 radical (unpaired) electrons. The van der Waals surface area contributed by atoms with E-state index in [-0.39, 0.29) is 17.6 Å². The average molecular weight is 295 g/mol. The van der Waals surface area contributed by atoms with Gasteiger partial charge in [0.2, 0.25) is 0 Å². The van der Waals surface area contributed by atoms with Gasteiger partial charge in [-0.2, -0.15) is 0 Å². The van der Waals surface area contributed by atoms with Crippen LogP contribution in [0.1, 0.15) is 47.0 Å². The lowest BCUT2D eigenvalue weighted by Crippen LogP contribution is -2.33. The standard InChI is InChI=1S/C16H29N3O2/c1-5-16(6-2,7-10-20)12-18-14-15(21)19(9-8-17-14)11-13(3)4/h8-9,13,20H,5-7,10-12H2,1-4H3,(H,17,18). The molecule has 0 bridgehead atoms. The summed E-state index contributed by atoms with van der Waals surface area (Å²) in [5, 5.41) is 12.4. The molecular weight excluding hydrogens is 266 g/mol. The molecule has 0 saturated carbocycles. The van der Waals surface area contributed by atoms with E-state index >= 15 is 0 Å². The Morgan fingerprint density at radius 2 is 2.05 bits per heavy atom. The van der Waals surface area contributed by atoms with Crippen LogP contribution in [-0.4, -0.2) is 27.8 Å². The largest absolute Gasteiger partial charge is 0.396 e. The van der Waals surface area contributed by atoms with Crippen LogP contribution < -0.4 is 10.9 Å². The SMILES string of the molecule is CCC(CC)(CCO)CNc1nccn(CC(C)C)c1=O. The molecule has 2 N–H and O–H groups in total. The van der Waals surface area contributed by atoms with Crippen LogP contribution in [0.4, 0.5) is 5.82 Å². The number of nitrogens with zero attached hydrogens (tertiary/aromatic N) is 2. The third-order valence-corrected chi connectivity index (χ3v) is 4.25. The van der Waals surface area contributed by atoms with Gasteiger partial charge in [0.15, 0.2) is 5.82 Å². The maximum atomic E-state index is 12.3. The van der Waals surface area contributed by atoms with Crippen LogP contribution in [0.5, 0.6) is 0 Å². The van der Waals surface area contributed by atoms with Crippen molar-refractivity contribution in [3.05, 3.63) is 22.7 Å². The molecule has 0 saturated heterocycles. The second-order valence-corrected chi connectivity index (χ2v) is 6.16. The van der Waals surface area contributed by atoms with Crippen molar-refractivity contribution in [2.24, 2.45) is 11.3 Å². The summed E-state index contributed by atoms with van der Waals surface area (Å²) in [6.07, 6.45) is 6.06. The van der Waals surface area contributed by atoms with E-state index in [0.717, 1.165) is 19.3 Å². The van der Waals surface area contributed by atoms with Gasteiger partial charge in [-0.1, -0.05) is 27.7 Å². The van der Waals surface area contributed by atoms with Crippen molar-refractivity contribution in [2.45, 2.75) is 53.5 Å². The van der Waals surface area contributed by atoms with Gasteiger partial charge in [-0.25, -0.2) is 4.98 Å². The number of aliphatic hydroxyl groups excluding tert-OH is 1. The number of anilines is 1. The van der Waals surface area contributed by atoms with Gasteiger partial charge in [-0.05, 0) is 30.6 Å². The second-order valence-electron chi connectivity index (χ2n) is 6.16. The van der Waals surface area contributed by atoms with Crippen molar-refractivity contribution in [1.82, 2.24) is 9.55 Å². The number of aliphatic hydroxyl groups is 1. The first-order chi connectivity index (χ1) is 9.98. The highest BCUT2D eigenvalue weighted by molar-refractivity contribution is 5.31. The topological polar surface area (TPSA) is 67.2 Å². The normalized spacial score (nSPS) is 11.9. The van der Waals surface area contributed by atoms with Crippen molar-refractivity contribution in [2.75, 3.05) is 18.5 Å². The summed E-state index contributed by atoms with van der Waals surface area (Å²) in [5.74, 6) is 0.820. The Kier molecular flexibility index (Phi) is 6.89. The molecule has 0 aliphatic rings. The van der Waals surface area contributed by atoms with E-state index in [1.807, 2.05) is 0 Å². The highest BCUT2D eigenvalue weighted by Crippen LogP contribution is 2.30. The predicted octanol–water partition coefficient (Wildman–Crippen LogP) is 2.50. The molecule has 0 aromatic carbocycles. The molecule has 0 aliphatic carbocycles. The predicted molar refractivity (Wildman–Crippen MR) is 86.5 cm³/mol. The van der Waals surface area contributed by atoms with Crippen LogP contribution in [0.25, 0.3) is 0 Å². The van der Waals surface area contributed by atoms with E-state index in [1.54, 1.807) is 17.0 Å². The van der Waals surface area contributed by atoms with Gasteiger partial charge in [0, 0.05) is 32.1 Å². The van der Waals surface area contributed by atoms with Gasteiger partial charge in [0.1, 0.15) is 0 Å². The lowest BCUT2D eigenvalue weighted by Gasteiger charge is -2.31. The first-order valence-electron chi connectivity index (χ1n) is 7.88. The van der Waals surface area contributed by atoms with E-state index in [4.69, 9.17) is 0 Å². The minimum absolute atomic E-state index is 0.0155. The quantitative estimate of drug-likeness (QED) is 0.734. The molecule has 0 unspecified atom stereocenters. The maximum Gasteiger partial charge on any atom is 0.293 e. The summed E-state index contributed by atoms with van der Waals surface area (Å²) in [6, 6.07) is 0. The van der Waals surface area contributed by atoms with Gasteiger partial charge < -0.3 is 15.0 Å². The van der Waals surface area contributed by atoms with Crippen LogP contribution in [-0.2, 0) is 6.54 Å². The lowest BCUT2D eigenvalue weighted by atomic mass is 9.79. The molecular formula is C16H29N3O2. The zero-order chi connectivity index (χ0) is 15.9. The van der Waals surface area contributed by atoms with E-state index in [0.29, 0.717) is 24.8 Å². The van der Waals surface area contributed by atoms with Crippen molar-refractivity contribution in [1.29, 1.82) is 0 Å². The van der Waals surface area contributed by atoms with Crippen LogP contribution in [0.3, 0.4) is 0 Å². The minimum Gasteiger partial charge on any atom is -0.396 e. The fraction of sp³-hybridized carbons (Fsp3) is 0.750. The Labute approximate surface area is 127 Å². The van der Waals surface area contributed by atoms with Gasteiger partial charge in [0.05, 0.1) is 0 Å². The summed E-state index contributed by atoms with van der Waals surface area (Å²) in [7, 11) is 0. The third kappa shape index (κ3) is 4.84. The molecule has 1 aromatic heterocycles. The zero-order valence-electron chi connectivity index (χ0n) is 13.7. The fourth-order valence-electron chi connectivity index (χ4n) is 2.56. The molecule has 0 fully saturated rings. The second kappa shape index (κ2) is 8.17. The Morgan fingerprint density at radius 1 is 1.38 bits per heavy atom. The number of rotatable bonds is 9. The number of hydrogen-bond donors (Lipinski definition) is 2. The summed E-state index contributed by atoms with van der Waals surface area (Å²) < 4.78 is 1.70. The molecule has 5 nitrogen and oxygen atoms in total. The third-order valence-electron chi connectivity index (χ3n) is 4.25. The van der Waals surface area contributed by atoms with Crippen LogP contribution in [0.2, 0.25) is 0 Å². The minimum atomic E-state index is -0.0729. The van der Waals surface area contributed by atoms with Crippen molar-refractivity contribution in [3.8, 4) is 0 Å². The molecule has 0 amide bonds. The maximum absolute atomic E-state index is 12.3. The number of aromatic nitrogens is 2. The molecule has 0 atom stereocenters. The van der Waals surface area contributed by atoms with Gasteiger partial charge in [-0.15, -0.1) is 0 Å². The molecule has 5 heteroatoms. The number of nitrogens with one attached hydrogen (secondary N) is 1. The molecule has 21 heavy (non-hydrogen) atoms. The zero-order valence-corrected chi connectivity index (χ0v) is 13.7. The van der Waals surface area contributed by atoms with E-state index in [2.05, 4.69) is 38.0 Å². The van der Waals surface area contributed by atoms with Gasteiger partial charge in [-0.3, -0.25) is 4.79 Å². The molecule has 1 heterocycles. The molecule has 1 rings (SSSR count). The molecule has 120 valence electrons. The Bertz CT molecular complexity index is 479. The summed E-state index contributed by atoms with van der Waals surface area (Å²) >= 11 is 0. The van der Waals surface area contributed by atoms with Crippen molar-refractivity contribution in [3.63, 3.8) is 0 Å². The summed E-state index contributed by atoms with van der Waals surface area (Å²) in [5.41, 5.74) is -0.0574. The fourth-order valence-corrected chi connectivity index (χ4v) is 2.56. The van der Waals surface area contributed by atoms with Crippen LogP contribution in [0, 0.1) is 11.3 Å². The van der Waals surface area contributed by atoms with Crippen LogP contribution >= 0.6 is 0 Å². The van der Waals surface area contributed by atoms with E-state index < -0.39 is 0 Å². The van der Waals surface area contributed by atoms with Gasteiger partial charge in [0.25, 0.3) is 5.56 Å². The molecule has 0 aliphatic heterocycles. The highest BCUT2D eigenvalue weighted by Gasteiger charge is 2.25. The summed E-state index contributed by atoms with van der Waals surface area (Å²) in [6.45, 7) is 9.93.